The third-order valence-electron chi connectivity index (χ3n) is 0. The van der Waals surface area contributed by atoms with Crippen LogP contribution in [0.1, 0.15) is 0 Å². The first-order chi connectivity index (χ1) is 0. The average Bonchev–Trinajstić information content (AvgIpc) is 0. The number of hydrogen-bond donors (Lipinski definition) is 0. The SMILES string of the molecule is [O-2].[O-2].[Ta+5].[Ta+5].[Ta+5].[Ta+5].[Ta+5].[Ta+5].[Ta+5].[Ta+5].[Ta+5]. The third-order valence-corrected chi connectivity index (χ3v) is 0. The smallest absolute Gasteiger partial charge is 2.00 e. The minimum absolute atomic E-state index is 0. The molecule has 0 saturated carbocycles. The van der Waals surface area contributed by atoms with Crippen molar-refractivity contribution in [3.8, 4) is 0 Å². The molecule has 0 radical (unpaired) electrons. The van der Waals surface area contributed by atoms with Gasteiger partial charge < -0.3 is 11.0 Å². The Balaban J connectivity index is 0. The molecule has 0 amide bonds. The maximum absolute atomic E-state index is 0. The minimum atomic E-state index is 0. The van der Waals surface area contributed by atoms with E-state index in [-0.39, 0.29) is 212 Å². The second-order valence-corrected chi connectivity index (χ2v) is 0. The number of hydrogen-bond acceptors (Lipinski definition) is 0. The van der Waals surface area contributed by atoms with Crippen LogP contribution >= 0.6 is 0 Å². The van der Waals surface area contributed by atoms with Gasteiger partial charge in [0, 0.05) is 0 Å². The first-order valence-electron chi connectivity index (χ1n) is 0. The van der Waals surface area contributed by atoms with Crippen LogP contribution in [0.5, 0.6) is 0 Å². The van der Waals surface area contributed by atoms with E-state index in [4.69, 9.17) is 0 Å². The molecule has 16 valence electrons. The van der Waals surface area contributed by atoms with Gasteiger partial charge in [0.1, 0.15) is 0 Å². The van der Waals surface area contributed by atoms with Crippen molar-refractivity contribution in [3.05, 3.63) is 0 Å². The molecule has 0 aliphatic heterocycles. The first kappa shape index (κ1) is 112. The Hall–Kier alpha value is 6.58. The molecule has 0 aliphatic carbocycles. The van der Waals surface area contributed by atoms with Crippen LogP contribution in [0.3, 0.4) is 0 Å². The Morgan fingerprint density at radius 2 is 0.182 bits per heavy atom. The number of rotatable bonds is 0. The molecule has 0 aromatic rings. The van der Waals surface area contributed by atoms with Gasteiger partial charge in [-0.25, -0.2) is 0 Å². The van der Waals surface area contributed by atoms with E-state index in [0.717, 1.165) is 0 Å². The second kappa shape index (κ2) is 92.9. The van der Waals surface area contributed by atoms with Gasteiger partial charge in [0.05, 0.1) is 0 Å². The zero-order chi connectivity index (χ0) is 0. The molecule has 11 heavy (non-hydrogen) atoms. The molecule has 0 N–H and O–H groups in total. The van der Waals surface area contributed by atoms with Gasteiger partial charge in [0.25, 0.3) is 0 Å². The second-order valence-electron chi connectivity index (χ2n) is 0. The Bertz CT molecular complexity index is 7.52. The fourth-order valence-electron chi connectivity index (χ4n) is 0. The molecular formula is O2Ta9+41. The summed E-state index contributed by atoms with van der Waals surface area (Å²) in [5.41, 5.74) is 0. The van der Waals surface area contributed by atoms with E-state index in [1.807, 2.05) is 0 Å². The van der Waals surface area contributed by atoms with E-state index >= 15 is 0 Å². The van der Waals surface area contributed by atoms with Crippen LogP contribution in [0.4, 0.5) is 0 Å². The van der Waals surface area contributed by atoms with Crippen LogP contribution in [0.25, 0.3) is 0 Å². The zero-order valence-electron chi connectivity index (χ0n) is 4.84. The van der Waals surface area contributed by atoms with E-state index < -0.39 is 0 Å². The molecule has 0 fully saturated rings. The first-order valence-corrected chi connectivity index (χ1v) is 0. The van der Waals surface area contributed by atoms with Crippen molar-refractivity contribution in [3.63, 3.8) is 0 Å². The van der Waals surface area contributed by atoms with Gasteiger partial charge in [-0.2, -0.15) is 0 Å². The zero-order valence-corrected chi connectivity index (χ0v) is 33.8. The monoisotopic (exact) mass is 1660 g/mol. The Labute approximate surface area is 207 Å². The summed E-state index contributed by atoms with van der Waals surface area (Å²) in [4.78, 5) is 0. The maximum atomic E-state index is 0. The molecule has 11 heteroatoms. The molecule has 0 unspecified atom stereocenters. The normalized spacial score (nSPS) is 0. The van der Waals surface area contributed by atoms with Gasteiger partial charge in [0.15, 0.2) is 0 Å². The van der Waals surface area contributed by atoms with Crippen molar-refractivity contribution in [2.75, 3.05) is 0 Å². The Morgan fingerprint density at radius 3 is 0.182 bits per heavy atom. The standard InChI is InChI=1S/2O.9Ta/q2*-2;9*+5. The van der Waals surface area contributed by atoms with Crippen LogP contribution in [0.15, 0.2) is 0 Å². The van der Waals surface area contributed by atoms with E-state index in [0.29, 0.717) is 0 Å². The van der Waals surface area contributed by atoms with Gasteiger partial charge in [-0.15, -0.1) is 0 Å². The summed E-state index contributed by atoms with van der Waals surface area (Å²) >= 11 is 0. The minimum Gasteiger partial charge on any atom is -2.00 e. The summed E-state index contributed by atoms with van der Waals surface area (Å²) in [5, 5.41) is 0. The summed E-state index contributed by atoms with van der Waals surface area (Å²) < 4.78 is 0. The van der Waals surface area contributed by atoms with Crippen molar-refractivity contribution in [2.24, 2.45) is 0 Å². The molecular weight excluding hydrogens is 1660 g/mol. The predicted molar refractivity (Wildman–Crippen MR) is 1.37 cm³/mol. The molecule has 0 rings (SSSR count). The van der Waals surface area contributed by atoms with Crippen LogP contribution in [0, 0.1) is 0 Å². The summed E-state index contributed by atoms with van der Waals surface area (Å²) in [7, 11) is 0. The fraction of sp³-hybridized carbons (Fsp3) is 0. The van der Waals surface area contributed by atoms with E-state index in [1.54, 1.807) is 0 Å². The van der Waals surface area contributed by atoms with Crippen LogP contribution < -0.4 is 0 Å². The van der Waals surface area contributed by atoms with E-state index in [1.165, 1.54) is 0 Å². The molecule has 0 aromatic carbocycles. The largest absolute Gasteiger partial charge is 5.00 e. The van der Waals surface area contributed by atoms with Crippen molar-refractivity contribution in [1.29, 1.82) is 0 Å². The van der Waals surface area contributed by atoms with Crippen molar-refractivity contribution < 1.29 is 212 Å². The summed E-state index contributed by atoms with van der Waals surface area (Å²) in [6, 6.07) is 0. The molecule has 0 aromatic heterocycles. The summed E-state index contributed by atoms with van der Waals surface area (Å²) in [5.74, 6) is 0. The predicted octanol–water partition coefficient (Wildman–Crippen LogP) is -0.260. The van der Waals surface area contributed by atoms with Crippen molar-refractivity contribution in [1.82, 2.24) is 0 Å². The molecule has 2 nitrogen and oxygen atoms in total. The van der Waals surface area contributed by atoms with Crippen LogP contribution in [-0.4, -0.2) is 0 Å². The van der Waals surface area contributed by atoms with Gasteiger partial charge in [-0.3, -0.25) is 0 Å². The van der Waals surface area contributed by atoms with E-state index in [2.05, 4.69) is 0 Å². The van der Waals surface area contributed by atoms with Crippen LogP contribution in [0.2, 0.25) is 0 Å². The summed E-state index contributed by atoms with van der Waals surface area (Å²) in [6.07, 6.45) is 0. The Kier molecular flexibility index (Phi) is 943. The van der Waals surface area contributed by atoms with Gasteiger partial charge in [-0.1, -0.05) is 0 Å². The van der Waals surface area contributed by atoms with Crippen molar-refractivity contribution in [2.45, 2.75) is 0 Å². The van der Waals surface area contributed by atoms with E-state index in [9.17, 15) is 0 Å². The molecule has 0 bridgehead atoms. The van der Waals surface area contributed by atoms with Crippen molar-refractivity contribution >= 4 is 0 Å². The van der Waals surface area contributed by atoms with Gasteiger partial charge in [0.2, 0.25) is 0 Å². The topological polar surface area (TPSA) is 57.0 Å². The average molecular weight is 1660 g/mol. The summed E-state index contributed by atoms with van der Waals surface area (Å²) in [6.45, 7) is 0. The molecule has 0 saturated heterocycles. The maximum Gasteiger partial charge on any atom is 5.00 e. The quantitative estimate of drug-likeness (QED) is 0.322. The molecule has 0 atom stereocenters. The molecule has 0 spiro atoms. The molecule has 0 aliphatic rings. The Morgan fingerprint density at radius 1 is 0.182 bits per heavy atom. The van der Waals surface area contributed by atoms with Gasteiger partial charge >= 0.3 is 201 Å². The van der Waals surface area contributed by atoms with Crippen LogP contribution in [-0.2, 0) is 212 Å². The molecule has 0 heterocycles. The third kappa shape index (κ3) is 81.4. The van der Waals surface area contributed by atoms with Gasteiger partial charge in [-0.05, 0) is 0 Å². The fourth-order valence-corrected chi connectivity index (χ4v) is 0.